The minimum Gasteiger partial charge on any atom is -0.329 e. The Hall–Kier alpha value is -0.860. The van der Waals surface area contributed by atoms with Crippen molar-refractivity contribution in [1.82, 2.24) is 4.90 Å². The summed E-state index contributed by atoms with van der Waals surface area (Å²) in [6, 6.07) is 11.0. The topological polar surface area (TPSA) is 29.3 Å². The summed E-state index contributed by atoms with van der Waals surface area (Å²) in [4.78, 5) is 2.38. The van der Waals surface area contributed by atoms with Crippen molar-refractivity contribution in [2.75, 3.05) is 20.1 Å². The zero-order chi connectivity index (χ0) is 12.9. The number of likely N-dealkylation sites (N-methyl/N-ethyl adjacent to an activating group) is 1. The van der Waals surface area contributed by atoms with E-state index < -0.39 is 0 Å². The first-order valence-electron chi connectivity index (χ1n) is 6.36. The molecule has 2 nitrogen and oxygen atoms in total. The van der Waals surface area contributed by atoms with Crippen molar-refractivity contribution in [2.24, 2.45) is 11.1 Å². The Bertz CT molecular complexity index is 313. The van der Waals surface area contributed by atoms with Crippen LogP contribution in [0.2, 0.25) is 0 Å². The molecule has 1 aromatic carbocycles. The molecule has 0 bridgehead atoms. The van der Waals surface area contributed by atoms with Gasteiger partial charge in [0.1, 0.15) is 0 Å². The number of nitrogens with two attached hydrogens (primary N) is 1. The van der Waals surface area contributed by atoms with Crippen molar-refractivity contribution in [3.05, 3.63) is 35.9 Å². The van der Waals surface area contributed by atoms with Gasteiger partial charge in [-0.15, -0.1) is 0 Å². The van der Waals surface area contributed by atoms with Crippen LogP contribution in [0.25, 0.3) is 0 Å². The van der Waals surface area contributed by atoms with Crippen molar-refractivity contribution in [3.63, 3.8) is 0 Å². The summed E-state index contributed by atoms with van der Waals surface area (Å²) >= 11 is 0. The van der Waals surface area contributed by atoms with Crippen LogP contribution in [-0.2, 0) is 6.42 Å². The Kier molecular flexibility index (Phi) is 5.16. The van der Waals surface area contributed by atoms with Gasteiger partial charge in [-0.25, -0.2) is 0 Å². The molecule has 0 heterocycles. The quantitative estimate of drug-likeness (QED) is 0.848. The fraction of sp³-hybridized carbons (Fsp3) is 0.600. The Morgan fingerprint density at radius 2 is 1.76 bits per heavy atom. The van der Waals surface area contributed by atoms with Crippen LogP contribution in [0.4, 0.5) is 0 Å². The van der Waals surface area contributed by atoms with Gasteiger partial charge >= 0.3 is 0 Å². The van der Waals surface area contributed by atoms with E-state index in [1.807, 2.05) is 0 Å². The van der Waals surface area contributed by atoms with Crippen molar-refractivity contribution in [1.29, 1.82) is 0 Å². The van der Waals surface area contributed by atoms with Crippen molar-refractivity contribution >= 4 is 0 Å². The summed E-state index contributed by atoms with van der Waals surface area (Å²) in [6.07, 6.45) is 1.03. The Morgan fingerprint density at radius 1 is 1.18 bits per heavy atom. The Labute approximate surface area is 106 Å². The van der Waals surface area contributed by atoms with Crippen LogP contribution >= 0.6 is 0 Å². The van der Waals surface area contributed by atoms with Crippen LogP contribution in [0, 0.1) is 5.41 Å². The molecule has 0 aliphatic heterocycles. The van der Waals surface area contributed by atoms with E-state index in [4.69, 9.17) is 5.73 Å². The van der Waals surface area contributed by atoms with E-state index >= 15 is 0 Å². The van der Waals surface area contributed by atoms with Crippen molar-refractivity contribution in [2.45, 2.75) is 33.2 Å². The van der Waals surface area contributed by atoms with Gasteiger partial charge in [-0.05, 0) is 24.4 Å². The van der Waals surface area contributed by atoms with E-state index in [-0.39, 0.29) is 0 Å². The molecule has 2 heteroatoms. The molecule has 0 aromatic heterocycles. The van der Waals surface area contributed by atoms with E-state index in [0.717, 1.165) is 13.0 Å². The normalized spacial score (nSPS) is 14.0. The highest BCUT2D eigenvalue weighted by Crippen LogP contribution is 2.17. The number of benzene rings is 1. The largest absolute Gasteiger partial charge is 0.329 e. The molecule has 17 heavy (non-hydrogen) atoms. The summed E-state index contributed by atoms with van der Waals surface area (Å²) in [5, 5.41) is 0. The lowest BCUT2D eigenvalue weighted by molar-refractivity contribution is 0.174. The maximum Gasteiger partial charge on any atom is 0.0255 e. The van der Waals surface area contributed by atoms with Crippen LogP contribution in [0.5, 0.6) is 0 Å². The first-order chi connectivity index (χ1) is 7.92. The molecule has 1 atom stereocenters. The first-order valence-corrected chi connectivity index (χ1v) is 6.36. The van der Waals surface area contributed by atoms with E-state index in [9.17, 15) is 0 Å². The predicted molar refractivity (Wildman–Crippen MR) is 75.1 cm³/mol. The van der Waals surface area contributed by atoms with Crippen LogP contribution in [0.1, 0.15) is 26.3 Å². The number of hydrogen-bond donors (Lipinski definition) is 1. The van der Waals surface area contributed by atoms with Gasteiger partial charge in [-0.3, -0.25) is 0 Å². The predicted octanol–water partition coefficient (Wildman–Crippen LogP) is 2.53. The third-order valence-corrected chi connectivity index (χ3v) is 2.93. The molecule has 1 unspecified atom stereocenters. The summed E-state index contributed by atoms with van der Waals surface area (Å²) < 4.78 is 0. The molecule has 0 saturated carbocycles. The Morgan fingerprint density at radius 3 is 2.24 bits per heavy atom. The van der Waals surface area contributed by atoms with Crippen molar-refractivity contribution < 1.29 is 0 Å². The zero-order valence-corrected chi connectivity index (χ0v) is 11.6. The highest BCUT2D eigenvalue weighted by molar-refractivity contribution is 5.16. The maximum absolute atomic E-state index is 5.90. The molecule has 2 N–H and O–H groups in total. The van der Waals surface area contributed by atoms with E-state index in [1.165, 1.54) is 5.56 Å². The highest BCUT2D eigenvalue weighted by Gasteiger charge is 2.19. The van der Waals surface area contributed by atoms with Crippen LogP contribution in [-0.4, -0.2) is 31.1 Å². The van der Waals surface area contributed by atoms with Gasteiger partial charge in [-0.1, -0.05) is 51.1 Å². The lowest BCUT2D eigenvalue weighted by Crippen LogP contribution is -2.43. The summed E-state index contributed by atoms with van der Waals surface area (Å²) in [7, 11) is 2.17. The van der Waals surface area contributed by atoms with Gasteiger partial charge < -0.3 is 10.6 Å². The van der Waals surface area contributed by atoms with Gasteiger partial charge in [0.2, 0.25) is 0 Å². The molecule has 0 amide bonds. The first kappa shape index (κ1) is 14.2. The average molecular weight is 234 g/mol. The fourth-order valence-corrected chi connectivity index (χ4v) is 2.18. The minimum atomic E-state index is 0.318. The zero-order valence-electron chi connectivity index (χ0n) is 11.6. The summed E-state index contributed by atoms with van der Waals surface area (Å²) in [5.74, 6) is 0. The molecule has 0 radical (unpaired) electrons. The van der Waals surface area contributed by atoms with Gasteiger partial charge in [0.25, 0.3) is 0 Å². The molecule has 96 valence electrons. The van der Waals surface area contributed by atoms with Crippen LogP contribution in [0.3, 0.4) is 0 Å². The number of rotatable bonds is 5. The summed E-state index contributed by atoms with van der Waals surface area (Å²) in [5.41, 5.74) is 7.58. The van der Waals surface area contributed by atoms with Crippen molar-refractivity contribution in [3.8, 4) is 0 Å². The Balaban J connectivity index is 2.59. The number of hydrogen-bond acceptors (Lipinski definition) is 2. The van der Waals surface area contributed by atoms with Gasteiger partial charge in [0.15, 0.2) is 0 Å². The molecule has 0 aliphatic carbocycles. The highest BCUT2D eigenvalue weighted by atomic mass is 15.1. The second-order valence-electron chi connectivity index (χ2n) is 6.06. The molecule has 0 spiro atoms. The smallest absolute Gasteiger partial charge is 0.0255 e. The lowest BCUT2D eigenvalue weighted by atomic mass is 9.94. The third kappa shape index (κ3) is 5.33. The second kappa shape index (κ2) is 6.18. The van der Waals surface area contributed by atoms with E-state index in [1.54, 1.807) is 0 Å². The molecule has 0 fully saturated rings. The summed E-state index contributed by atoms with van der Waals surface area (Å²) in [6.45, 7) is 8.57. The van der Waals surface area contributed by atoms with Gasteiger partial charge in [-0.2, -0.15) is 0 Å². The second-order valence-corrected chi connectivity index (χ2v) is 6.06. The molecule has 0 aliphatic rings. The molecular formula is C15H26N2. The molecule has 1 rings (SSSR count). The van der Waals surface area contributed by atoms with Gasteiger partial charge in [0.05, 0.1) is 0 Å². The fourth-order valence-electron chi connectivity index (χ4n) is 2.18. The number of nitrogens with zero attached hydrogens (tertiary/aromatic N) is 1. The standard InChI is InChI=1S/C15H26N2/c1-15(2,3)12-17(4)14(11-16)10-13-8-6-5-7-9-13/h5-9,14H,10-12,16H2,1-4H3. The van der Waals surface area contributed by atoms with Gasteiger partial charge in [0, 0.05) is 19.1 Å². The third-order valence-electron chi connectivity index (χ3n) is 2.93. The molecule has 0 saturated heterocycles. The van der Waals surface area contributed by atoms with E-state index in [2.05, 4.69) is 63.1 Å². The maximum atomic E-state index is 5.90. The van der Waals surface area contributed by atoms with Crippen LogP contribution in [0.15, 0.2) is 30.3 Å². The molecular weight excluding hydrogens is 208 g/mol. The van der Waals surface area contributed by atoms with E-state index in [0.29, 0.717) is 18.0 Å². The van der Waals surface area contributed by atoms with Crippen LogP contribution < -0.4 is 5.73 Å². The molecule has 1 aromatic rings. The lowest BCUT2D eigenvalue weighted by Gasteiger charge is -2.32. The monoisotopic (exact) mass is 234 g/mol. The minimum absolute atomic E-state index is 0.318. The SMILES string of the molecule is CN(CC(C)(C)C)C(CN)Cc1ccccc1. The average Bonchev–Trinajstić information content (AvgIpc) is 2.24.